The molecule has 1 saturated heterocycles. The number of aromatic nitrogens is 8. The second-order valence-electron chi connectivity index (χ2n) is 12.3. The van der Waals surface area contributed by atoms with E-state index in [1.807, 2.05) is 48.1 Å². The zero-order valence-corrected chi connectivity index (χ0v) is 27.4. The second-order valence-corrected chi connectivity index (χ2v) is 12.3. The maximum absolute atomic E-state index is 9.68. The number of benzene rings is 1. The Labute approximate surface area is 284 Å². The molecular weight excluding hydrogens is 622 g/mol. The summed E-state index contributed by atoms with van der Waals surface area (Å²) in [6, 6.07) is 14.3. The minimum absolute atomic E-state index is 0.235. The van der Waals surface area contributed by atoms with Gasteiger partial charge in [-0.2, -0.15) is 10.4 Å². The summed E-state index contributed by atoms with van der Waals surface area (Å²) in [4.78, 5) is 20.2. The van der Waals surface area contributed by atoms with Crippen LogP contribution in [0.25, 0.3) is 11.1 Å². The maximum Gasteiger partial charge on any atom is 0.257 e. The summed E-state index contributed by atoms with van der Waals surface area (Å²) in [6.07, 6.45) is 14.5. The molecule has 1 atom stereocenters. The SMILES string of the molecule is C[C@@H](Cn1cncn1)Oc1cc(-c2cnc(Nc3cn([C@H]4CC[C@H](N5CCOCC5)CC4)nc3OCc3ccccn3)nc2)ccc1C#N. The summed E-state index contributed by atoms with van der Waals surface area (Å²) in [6.45, 7) is 6.38. The largest absolute Gasteiger partial charge is 0.487 e. The third-order valence-corrected chi connectivity index (χ3v) is 8.96. The molecular formula is C35H39N11O3. The molecule has 0 amide bonds. The van der Waals surface area contributed by atoms with E-state index < -0.39 is 0 Å². The molecule has 2 fully saturated rings. The molecule has 4 aromatic heterocycles. The predicted octanol–water partition coefficient (Wildman–Crippen LogP) is 4.80. The van der Waals surface area contributed by atoms with Crippen LogP contribution in [0.5, 0.6) is 11.6 Å². The normalized spacial score (nSPS) is 18.8. The summed E-state index contributed by atoms with van der Waals surface area (Å²) in [5.41, 5.74) is 3.55. The number of nitrogens with one attached hydrogen (secondary N) is 1. The van der Waals surface area contributed by atoms with E-state index >= 15 is 0 Å². The van der Waals surface area contributed by atoms with E-state index in [1.165, 1.54) is 6.33 Å². The summed E-state index contributed by atoms with van der Waals surface area (Å²) in [5, 5.41) is 22.0. The lowest BCUT2D eigenvalue weighted by atomic mass is 9.90. The summed E-state index contributed by atoms with van der Waals surface area (Å²) >= 11 is 0. The molecule has 5 aromatic rings. The molecule has 14 heteroatoms. The van der Waals surface area contributed by atoms with Crippen molar-refractivity contribution in [3.63, 3.8) is 0 Å². The van der Waals surface area contributed by atoms with Crippen molar-refractivity contribution in [2.75, 3.05) is 31.6 Å². The second kappa shape index (κ2) is 15.2. The van der Waals surface area contributed by atoms with Gasteiger partial charge in [-0.15, -0.1) is 5.10 Å². The smallest absolute Gasteiger partial charge is 0.257 e. The number of morpholine rings is 1. The lowest BCUT2D eigenvalue weighted by molar-refractivity contribution is 0.00502. The highest BCUT2D eigenvalue weighted by Gasteiger charge is 2.29. The molecule has 1 saturated carbocycles. The van der Waals surface area contributed by atoms with Crippen LogP contribution in [0.3, 0.4) is 0 Å². The minimum atomic E-state index is -0.235. The van der Waals surface area contributed by atoms with Gasteiger partial charge in [-0.1, -0.05) is 12.1 Å². The summed E-state index contributed by atoms with van der Waals surface area (Å²) < 4.78 is 21.6. The standard InChI is InChI=1S/C35H39N11O3/c1-25(20-45-24-37-23-41-45)49-33-16-26(5-6-27(33)17-36)28-18-39-35(40-19-28)42-32-21-46(43-34(32)48-22-29-4-2-3-11-38-29)31-9-7-30(8-10-31)44-12-14-47-15-13-44/h2-6,11,16,18-19,21,23-25,30-31H,7-10,12-15,20,22H2,1H3,(H,39,40,42)/t25-,30-,31-/m0/s1. The molecule has 5 heterocycles. The molecule has 1 N–H and O–H groups in total. The van der Waals surface area contributed by atoms with Crippen molar-refractivity contribution < 1.29 is 14.2 Å². The van der Waals surface area contributed by atoms with Crippen LogP contribution in [-0.4, -0.2) is 82.8 Å². The van der Waals surface area contributed by atoms with Crippen LogP contribution in [0.15, 0.2) is 73.8 Å². The van der Waals surface area contributed by atoms with Crippen LogP contribution in [0, 0.1) is 11.3 Å². The van der Waals surface area contributed by atoms with E-state index in [0.717, 1.165) is 68.8 Å². The van der Waals surface area contributed by atoms with Crippen molar-refractivity contribution in [3.05, 3.63) is 85.1 Å². The quantitative estimate of drug-likeness (QED) is 0.195. The predicted molar refractivity (Wildman–Crippen MR) is 180 cm³/mol. The van der Waals surface area contributed by atoms with Crippen LogP contribution in [-0.2, 0) is 17.9 Å². The summed E-state index contributed by atoms with van der Waals surface area (Å²) in [7, 11) is 0. The fraction of sp³-hybridized carbons (Fsp3) is 0.400. The Hall–Kier alpha value is -5.39. The van der Waals surface area contributed by atoms with Crippen LogP contribution < -0.4 is 14.8 Å². The highest BCUT2D eigenvalue weighted by atomic mass is 16.5. The molecule has 2 aliphatic rings. The Morgan fingerprint density at radius 2 is 1.84 bits per heavy atom. The fourth-order valence-corrected chi connectivity index (χ4v) is 6.41. The van der Waals surface area contributed by atoms with Gasteiger partial charge in [0.15, 0.2) is 0 Å². The van der Waals surface area contributed by atoms with Crippen LogP contribution >= 0.6 is 0 Å². The molecule has 7 rings (SSSR count). The van der Waals surface area contributed by atoms with Gasteiger partial charge in [-0.25, -0.2) is 19.6 Å². The fourth-order valence-electron chi connectivity index (χ4n) is 6.41. The maximum atomic E-state index is 9.68. The van der Waals surface area contributed by atoms with Gasteiger partial charge in [0.25, 0.3) is 5.88 Å². The molecule has 0 unspecified atom stereocenters. The molecule has 14 nitrogen and oxygen atoms in total. The van der Waals surface area contributed by atoms with Gasteiger partial charge in [0.2, 0.25) is 5.95 Å². The van der Waals surface area contributed by atoms with E-state index in [9.17, 15) is 5.26 Å². The lowest BCUT2D eigenvalue weighted by Crippen LogP contribution is -2.45. The van der Waals surface area contributed by atoms with Gasteiger partial charge >= 0.3 is 0 Å². The first-order chi connectivity index (χ1) is 24.1. The average Bonchev–Trinajstić information content (AvgIpc) is 3.82. The van der Waals surface area contributed by atoms with Crippen LogP contribution in [0.4, 0.5) is 11.6 Å². The van der Waals surface area contributed by atoms with E-state index in [2.05, 4.69) is 41.3 Å². The molecule has 1 aliphatic heterocycles. The van der Waals surface area contributed by atoms with Gasteiger partial charge in [0.05, 0.1) is 43.3 Å². The van der Waals surface area contributed by atoms with Crippen molar-refractivity contribution in [1.82, 2.24) is 44.4 Å². The highest BCUT2D eigenvalue weighted by Crippen LogP contribution is 2.35. The number of ether oxygens (including phenoxy) is 3. The van der Waals surface area contributed by atoms with Gasteiger partial charge in [0, 0.05) is 43.3 Å². The molecule has 0 spiro atoms. The first-order valence-electron chi connectivity index (χ1n) is 16.7. The van der Waals surface area contributed by atoms with E-state index in [1.54, 1.807) is 35.7 Å². The van der Waals surface area contributed by atoms with Crippen molar-refractivity contribution in [2.45, 2.75) is 63.9 Å². The average molecular weight is 662 g/mol. The zero-order valence-electron chi connectivity index (χ0n) is 27.4. The van der Waals surface area contributed by atoms with Crippen LogP contribution in [0.2, 0.25) is 0 Å². The Morgan fingerprint density at radius 3 is 2.57 bits per heavy atom. The molecule has 1 aliphatic carbocycles. The van der Waals surface area contributed by atoms with Crippen molar-refractivity contribution >= 4 is 11.6 Å². The van der Waals surface area contributed by atoms with Crippen LogP contribution in [0.1, 0.15) is 49.9 Å². The first kappa shape index (κ1) is 32.2. The third-order valence-electron chi connectivity index (χ3n) is 8.96. The van der Waals surface area contributed by atoms with E-state index in [-0.39, 0.29) is 18.8 Å². The monoisotopic (exact) mass is 661 g/mol. The Bertz CT molecular complexity index is 1830. The Morgan fingerprint density at radius 1 is 1.02 bits per heavy atom. The molecule has 252 valence electrons. The van der Waals surface area contributed by atoms with Gasteiger partial charge in [-0.3, -0.25) is 14.6 Å². The number of rotatable bonds is 12. The number of hydrogen-bond acceptors (Lipinski definition) is 12. The topological polar surface area (TPSA) is 154 Å². The number of pyridine rings is 1. The molecule has 0 radical (unpaired) electrons. The number of anilines is 2. The highest BCUT2D eigenvalue weighted by molar-refractivity contribution is 5.67. The van der Waals surface area contributed by atoms with Gasteiger partial charge in [-0.05, 0) is 62.4 Å². The first-order valence-corrected chi connectivity index (χ1v) is 16.7. The lowest BCUT2D eigenvalue weighted by Gasteiger charge is -2.38. The van der Waals surface area contributed by atoms with E-state index in [4.69, 9.17) is 19.3 Å². The molecule has 0 bridgehead atoms. The molecule has 1 aromatic carbocycles. The number of nitriles is 1. The zero-order chi connectivity index (χ0) is 33.4. The van der Waals surface area contributed by atoms with E-state index in [0.29, 0.717) is 41.4 Å². The third kappa shape index (κ3) is 8.02. The molecule has 49 heavy (non-hydrogen) atoms. The van der Waals surface area contributed by atoms with Crippen molar-refractivity contribution in [2.24, 2.45) is 0 Å². The van der Waals surface area contributed by atoms with Crippen molar-refractivity contribution in [1.29, 1.82) is 5.26 Å². The number of nitrogens with zero attached hydrogens (tertiary/aromatic N) is 10. The Balaban J connectivity index is 1.05. The Kier molecular flexibility index (Phi) is 10.00. The van der Waals surface area contributed by atoms with Gasteiger partial charge in [0.1, 0.15) is 42.9 Å². The minimum Gasteiger partial charge on any atom is -0.487 e. The number of hydrogen-bond donors (Lipinski definition) is 1. The van der Waals surface area contributed by atoms with Crippen molar-refractivity contribution in [3.8, 4) is 28.8 Å². The van der Waals surface area contributed by atoms with Gasteiger partial charge < -0.3 is 19.5 Å². The summed E-state index contributed by atoms with van der Waals surface area (Å²) in [5.74, 6) is 1.37.